The zero-order chi connectivity index (χ0) is 22.7. The number of benzene rings is 1. The van der Waals surface area contributed by atoms with E-state index in [9.17, 15) is 5.11 Å². The van der Waals surface area contributed by atoms with Crippen molar-refractivity contribution in [2.75, 3.05) is 13.6 Å². The molecule has 3 aromatic heterocycles. The second-order valence-electron chi connectivity index (χ2n) is 7.53. The number of aryl methyl sites for hydroxylation is 1. The van der Waals surface area contributed by atoms with Gasteiger partial charge in [0.1, 0.15) is 5.75 Å². The maximum absolute atomic E-state index is 9.87. The molecular formula is C24H25N7O. The summed E-state index contributed by atoms with van der Waals surface area (Å²) in [5.74, 6) is 0.119. The van der Waals surface area contributed by atoms with E-state index >= 15 is 0 Å². The summed E-state index contributed by atoms with van der Waals surface area (Å²) in [5, 5.41) is 25.3. The van der Waals surface area contributed by atoms with Crippen molar-refractivity contribution in [3.8, 4) is 16.9 Å². The average Bonchev–Trinajstić information content (AvgIpc) is 3.28. The Kier molecular flexibility index (Phi) is 5.96. The molecule has 0 radical (unpaired) electrons. The molecule has 5 N–H and O–H groups in total. The van der Waals surface area contributed by atoms with E-state index in [-0.39, 0.29) is 5.75 Å². The third-order valence-electron chi connectivity index (χ3n) is 5.32. The van der Waals surface area contributed by atoms with Gasteiger partial charge in [0.2, 0.25) is 0 Å². The van der Waals surface area contributed by atoms with Gasteiger partial charge in [-0.2, -0.15) is 5.10 Å². The van der Waals surface area contributed by atoms with Crippen molar-refractivity contribution in [1.82, 2.24) is 25.1 Å². The van der Waals surface area contributed by atoms with Crippen LogP contribution in [0.2, 0.25) is 0 Å². The van der Waals surface area contributed by atoms with Crippen LogP contribution in [0, 0.1) is 12.3 Å². The number of pyridine rings is 2. The summed E-state index contributed by atoms with van der Waals surface area (Å²) in [7, 11) is 1.91. The lowest BCUT2D eigenvalue weighted by Crippen LogP contribution is -2.14. The number of likely N-dealkylation sites (N-methyl/N-ethyl adjacent to an activating group) is 1. The Labute approximate surface area is 186 Å². The third-order valence-corrected chi connectivity index (χ3v) is 5.32. The lowest BCUT2D eigenvalue weighted by molar-refractivity contribution is 0.475. The molecule has 1 aromatic carbocycles. The fraction of sp³-hybridized carbons (Fsp3) is 0.167. The zero-order valence-electron chi connectivity index (χ0n) is 18.0. The number of hydrogen-bond donors (Lipinski definition) is 4. The molecule has 0 aliphatic rings. The Hall–Kier alpha value is -4.04. The number of allylic oxidation sites excluding steroid dienone is 1. The van der Waals surface area contributed by atoms with Gasteiger partial charge in [-0.1, -0.05) is 6.07 Å². The lowest BCUT2D eigenvalue weighted by Gasteiger charge is -2.11. The van der Waals surface area contributed by atoms with E-state index in [1.54, 1.807) is 30.5 Å². The molecule has 0 amide bonds. The number of fused-ring (bicyclic) bond motifs is 1. The summed E-state index contributed by atoms with van der Waals surface area (Å²) in [4.78, 5) is 9.27. The highest BCUT2D eigenvalue weighted by atomic mass is 16.3. The Balaban J connectivity index is 1.75. The summed E-state index contributed by atoms with van der Waals surface area (Å²) in [5.41, 5.74) is 12.7. The van der Waals surface area contributed by atoms with E-state index in [2.05, 4.69) is 15.4 Å². The quantitative estimate of drug-likeness (QED) is 0.336. The number of aromatic hydroxyl groups is 1. The van der Waals surface area contributed by atoms with E-state index in [0.717, 1.165) is 35.3 Å². The smallest absolute Gasteiger partial charge is 0.116 e. The molecule has 0 unspecified atom stereocenters. The van der Waals surface area contributed by atoms with Gasteiger partial charge in [-0.25, -0.2) is 4.98 Å². The van der Waals surface area contributed by atoms with Crippen LogP contribution in [-0.2, 0) is 6.54 Å². The van der Waals surface area contributed by atoms with Crippen molar-refractivity contribution in [3.05, 3.63) is 71.8 Å². The molecule has 162 valence electrons. The molecule has 0 atom stereocenters. The SMILES string of the molecule is CNCCn1cc(-c2cnc3ccc(C(C=N)=C(N)c4cc(O)ccc4C)nc3c2)cn1. The molecular weight excluding hydrogens is 402 g/mol. The zero-order valence-corrected chi connectivity index (χ0v) is 18.0. The molecule has 8 heteroatoms. The van der Waals surface area contributed by atoms with Crippen LogP contribution >= 0.6 is 0 Å². The van der Waals surface area contributed by atoms with Crippen molar-refractivity contribution in [1.29, 1.82) is 5.41 Å². The van der Waals surface area contributed by atoms with Crippen molar-refractivity contribution < 1.29 is 5.11 Å². The third kappa shape index (κ3) is 4.21. The number of nitrogens with two attached hydrogens (primary N) is 1. The maximum atomic E-state index is 9.87. The molecule has 3 heterocycles. The minimum atomic E-state index is 0.119. The van der Waals surface area contributed by atoms with Gasteiger partial charge in [-0.3, -0.25) is 9.67 Å². The molecule has 0 fully saturated rings. The van der Waals surface area contributed by atoms with Crippen LogP contribution < -0.4 is 11.1 Å². The van der Waals surface area contributed by atoms with Crippen molar-refractivity contribution >= 4 is 28.5 Å². The van der Waals surface area contributed by atoms with Gasteiger partial charge >= 0.3 is 0 Å². The molecule has 32 heavy (non-hydrogen) atoms. The van der Waals surface area contributed by atoms with Crippen LogP contribution in [0.5, 0.6) is 5.75 Å². The molecule has 4 rings (SSSR count). The molecule has 8 nitrogen and oxygen atoms in total. The molecule has 4 aromatic rings. The summed E-state index contributed by atoms with van der Waals surface area (Å²) >= 11 is 0. The first-order valence-corrected chi connectivity index (χ1v) is 10.2. The van der Waals surface area contributed by atoms with E-state index in [1.165, 1.54) is 6.21 Å². The largest absolute Gasteiger partial charge is 0.508 e. The molecule has 0 spiro atoms. The van der Waals surface area contributed by atoms with Gasteiger partial charge < -0.3 is 21.6 Å². The number of nitrogens with zero attached hydrogens (tertiary/aromatic N) is 4. The monoisotopic (exact) mass is 427 g/mol. The van der Waals surface area contributed by atoms with Crippen LogP contribution in [-0.4, -0.2) is 44.7 Å². The van der Waals surface area contributed by atoms with Gasteiger partial charge in [0, 0.05) is 47.4 Å². The van der Waals surface area contributed by atoms with Crippen LogP contribution in [0.15, 0.2) is 55.0 Å². The van der Waals surface area contributed by atoms with Crippen LogP contribution in [0.1, 0.15) is 16.8 Å². The minimum absolute atomic E-state index is 0.119. The topological polar surface area (TPSA) is 126 Å². The van der Waals surface area contributed by atoms with Crippen LogP contribution in [0.25, 0.3) is 33.4 Å². The predicted molar refractivity (Wildman–Crippen MR) is 127 cm³/mol. The number of phenolic OH excluding ortho intramolecular Hbond substituents is 1. The second-order valence-corrected chi connectivity index (χ2v) is 7.53. The Morgan fingerprint density at radius 2 is 2.00 bits per heavy atom. The van der Waals surface area contributed by atoms with E-state index < -0.39 is 0 Å². The lowest BCUT2D eigenvalue weighted by atomic mass is 10.00. The first-order chi connectivity index (χ1) is 15.5. The Morgan fingerprint density at radius 1 is 1.16 bits per heavy atom. The standard InChI is InChI=1S/C24H25N7O/c1-15-3-4-18(32)10-19(15)24(26)20(11-25)21-5-6-22-23(30-21)9-16(12-28-22)17-13-29-31(14-17)8-7-27-2/h3-6,9-14,25,27,32H,7-8,26H2,1-2H3. The van der Waals surface area contributed by atoms with E-state index in [1.807, 2.05) is 43.2 Å². The summed E-state index contributed by atoms with van der Waals surface area (Å²) in [6.45, 7) is 3.52. The molecule has 0 aliphatic heterocycles. The van der Waals surface area contributed by atoms with E-state index in [4.69, 9.17) is 16.1 Å². The minimum Gasteiger partial charge on any atom is -0.508 e. The highest BCUT2D eigenvalue weighted by Crippen LogP contribution is 2.27. The van der Waals surface area contributed by atoms with Crippen molar-refractivity contribution in [2.24, 2.45) is 5.73 Å². The first kappa shape index (κ1) is 21.2. The Morgan fingerprint density at radius 3 is 2.78 bits per heavy atom. The van der Waals surface area contributed by atoms with Gasteiger partial charge in [0.25, 0.3) is 0 Å². The van der Waals surface area contributed by atoms with Crippen molar-refractivity contribution in [2.45, 2.75) is 13.5 Å². The Bertz CT molecular complexity index is 1320. The fourth-order valence-electron chi connectivity index (χ4n) is 3.51. The summed E-state index contributed by atoms with van der Waals surface area (Å²) in [6, 6.07) is 10.6. The highest BCUT2D eigenvalue weighted by molar-refractivity contribution is 6.17. The molecule has 0 saturated heterocycles. The first-order valence-electron chi connectivity index (χ1n) is 10.2. The number of rotatable bonds is 7. The fourth-order valence-corrected chi connectivity index (χ4v) is 3.51. The maximum Gasteiger partial charge on any atom is 0.116 e. The molecule has 0 saturated carbocycles. The normalized spacial score (nSPS) is 12.1. The van der Waals surface area contributed by atoms with Crippen LogP contribution in [0.3, 0.4) is 0 Å². The van der Waals surface area contributed by atoms with Gasteiger partial charge in [0.05, 0.1) is 35.2 Å². The number of nitrogens with one attached hydrogen (secondary N) is 2. The van der Waals surface area contributed by atoms with Gasteiger partial charge in [-0.15, -0.1) is 0 Å². The predicted octanol–water partition coefficient (Wildman–Crippen LogP) is 3.20. The van der Waals surface area contributed by atoms with Crippen molar-refractivity contribution in [3.63, 3.8) is 0 Å². The molecule has 0 aliphatic carbocycles. The second kappa shape index (κ2) is 8.99. The summed E-state index contributed by atoms with van der Waals surface area (Å²) < 4.78 is 1.88. The summed E-state index contributed by atoms with van der Waals surface area (Å²) in [6.07, 6.45) is 6.79. The number of hydrogen-bond acceptors (Lipinski definition) is 7. The number of phenols is 1. The average molecular weight is 428 g/mol. The van der Waals surface area contributed by atoms with Crippen LogP contribution in [0.4, 0.5) is 0 Å². The van der Waals surface area contributed by atoms with Gasteiger partial charge in [0.15, 0.2) is 0 Å². The van der Waals surface area contributed by atoms with Gasteiger partial charge in [-0.05, 0) is 49.9 Å². The molecule has 0 bridgehead atoms. The number of aromatic nitrogens is 4. The highest BCUT2D eigenvalue weighted by Gasteiger charge is 2.13. The van der Waals surface area contributed by atoms with E-state index in [0.29, 0.717) is 28.0 Å².